The minimum atomic E-state index is -3.00. The largest absolute Gasteiger partial charge is 0.311 e. The van der Waals surface area contributed by atoms with Gasteiger partial charge in [0.1, 0.15) is 0 Å². The lowest BCUT2D eigenvalue weighted by atomic mass is 9.83. The second-order valence-electron chi connectivity index (χ2n) is 6.79. The van der Waals surface area contributed by atoms with E-state index in [9.17, 15) is 8.42 Å². The van der Waals surface area contributed by atoms with Crippen molar-refractivity contribution in [3.63, 3.8) is 0 Å². The summed E-state index contributed by atoms with van der Waals surface area (Å²) in [6.45, 7) is 5.62. The molecule has 2 aliphatic rings. The highest BCUT2D eigenvalue weighted by molar-refractivity contribution is 7.89. The average Bonchev–Trinajstić information content (AvgIpc) is 2.48. The van der Waals surface area contributed by atoms with E-state index in [1.807, 2.05) is 6.92 Å². The SMILES string of the molecule is CCCS(=O)(=O)N1CCC(NC2CCCC(CC)C2)CC1. The zero-order valence-corrected chi connectivity index (χ0v) is 14.5. The van der Waals surface area contributed by atoms with Crippen LogP contribution in [-0.2, 0) is 10.0 Å². The van der Waals surface area contributed by atoms with Gasteiger partial charge in [-0.3, -0.25) is 0 Å². The zero-order chi connectivity index (χ0) is 15.3. The molecule has 5 heteroatoms. The van der Waals surface area contributed by atoms with Crippen molar-refractivity contribution in [2.75, 3.05) is 18.8 Å². The standard InChI is InChI=1S/C16H32N2O2S/c1-3-12-21(19,20)18-10-8-15(9-11-18)17-16-7-5-6-14(4-2)13-16/h14-17H,3-13H2,1-2H3. The Balaban J connectivity index is 1.76. The van der Waals surface area contributed by atoms with Crippen LogP contribution in [-0.4, -0.2) is 43.6 Å². The lowest BCUT2D eigenvalue weighted by Gasteiger charge is -2.36. The highest BCUT2D eigenvalue weighted by Crippen LogP contribution is 2.27. The van der Waals surface area contributed by atoms with Crippen molar-refractivity contribution in [2.24, 2.45) is 5.92 Å². The molecule has 4 nitrogen and oxygen atoms in total. The van der Waals surface area contributed by atoms with E-state index in [1.54, 1.807) is 4.31 Å². The first-order valence-corrected chi connectivity index (χ1v) is 10.4. The lowest BCUT2D eigenvalue weighted by molar-refractivity contribution is 0.223. The van der Waals surface area contributed by atoms with Crippen LogP contribution in [0.1, 0.15) is 65.2 Å². The molecule has 1 saturated heterocycles. The van der Waals surface area contributed by atoms with E-state index in [2.05, 4.69) is 12.2 Å². The van der Waals surface area contributed by atoms with Crippen molar-refractivity contribution in [3.8, 4) is 0 Å². The number of piperidine rings is 1. The van der Waals surface area contributed by atoms with E-state index in [0.717, 1.165) is 18.8 Å². The van der Waals surface area contributed by atoms with E-state index >= 15 is 0 Å². The van der Waals surface area contributed by atoms with E-state index in [0.29, 0.717) is 37.3 Å². The van der Waals surface area contributed by atoms with Crippen LogP contribution in [0.15, 0.2) is 0 Å². The van der Waals surface area contributed by atoms with Gasteiger partial charge in [-0.05, 0) is 38.0 Å². The fraction of sp³-hybridized carbons (Fsp3) is 1.00. The number of hydrogen-bond donors (Lipinski definition) is 1. The number of nitrogens with one attached hydrogen (secondary N) is 1. The van der Waals surface area contributed by atoms with Gasteiger partial charge < -0.3 is 5.32 Å². The Bertz CT molecular complexity index is 403. The molecule has 1 aliphatic carbocycles. The van der Waals surface area contributed by atoms with Crippen LogP contribution >= 0.6 is 0 Å². The fourth-order valence-electron chi connectivity index (χ4n) is 3.83. The summed E-state index contributed by atoms with van der Waals surface area (Å²) in [5, 5.41) is 3.80. The Morgan fingerprint density at radius 1 is 1.05 bits per heavy atom. The first-order valence-electron chi connectivity index (χ1n) is 8.79. The summed E-state index contributed by atoms with van der Waals surface area (Å²) in [5.41, 5.74) is 0. The molecule has 2 fully saturated rings. The van der Waals surface area contributed by atoms with Crippen molar-refractivity contribution in [1.82, 2.24) is 9.62 Å². The average molecular weight is 317 g/mol. The maximum absolute atomic E-state index is 12.1. The quantitative estimate of drug-likeness (QED) is 0.820. The molecule has 2 rings (SSSR count). The molecule has 0 radical (unpaired) electrons. The van der Waals surface area contributed by atoms with Crippen molar-refractivity contribution in [3.05, 3.63) is 0 Å². The first-order chi connectivity index (χ1) is 10.0. The summed E-state index contributed by atoms with van der Waals surface area (Å²) in [6, 6.07) is 1.17. The maximum atomic E-state index is 12.1. The highest BCUT2D eigenvalue weighted by Gasteiger charge is 2.29. The molecule has 1 heterocycles. The van der Waals surface area contributed by atoms with E-state index < -0.39 is 10.0 Å². The summed E-state index contributed by atoms with van der Waals surface area (Å²) in [6.07, 6.45) is 9.29. The summed E-state index contributed by atoms with van der Waals surface area (Å²) >= 11 is 0. The predicted octanol–water partition coefficient (Wildman–Crippen LogP) is 2.75. The molecule has 124 valence electrons. The predicted molar refractivity (Wildman–Crippen MR) is 87.8 cm³/mol. The second kappa shape index (κ2) is 7.93. The van der Waals surface area contributed by atoms with Gasteiger partial charge in [-0.1, -0.05) is 33.1 Å². The van der Waals surface area contributed by atoms with Crippen LogP contribution in [0.25, 0.3) is 0 Å². The molecule has 2 unspecified atom stereocenters. The summed E-state index contributed by atoms with van der Waals surface area (Å²) in [5.74, 6) is 1.19. The Kier molecular flexibility index (Phi) is 6.51. The molecule has 2 atom stereocenters. The molecule has 1 N–H and O–H groups in total. The van der Waals surface area contributed by atoms with E-state index in [1.165, 1.54) is 32.1 Å². The van der Waals surface area contributed by atoms with Gasteiger partial charge in [0, 0.05) is 25.2 Å². The third-order valence-corrected chi connectivity index (χ3v) is 7.22. The van der Waals surface area contributed by atoms with E-state index in [-0.39, 0.29) is 0 Å². The molecule has 1 aliphatic heterocycles. The monoisotopic (exact) mass is 316 g/mol. The Hall–Kier alpha value is -0.130. The third kappa shape index (κ3) is 4.93. The fourth-order valence-corrected chi connectivity index (χ4v) is 5.38. The molecule has 0 spiro atoms. The van der Waals surface area contributed by atoms with Crippen molar-refractivity contribution in [2.45, 2.75) is 77.3 Å². The van der Waals surface area contributed by atoms with Crippen molar-refractivity contribution in [1.29, 1.82) is 0 Å². The van der Waals surface area contributed by atoms with Crippen LogP contribution in [0, 0.1) is 5.92 Å². The number of rotatable bonds is 6. The highest BCUT2D eigenvalue weighted by atomic mass is 32.2. The summed E-state index contributed by atoms with van der Waals surface area (Å²) in [4.78, 5) is 0. The minimum absolute atomic E-state index is 0.298. The number of nitrogens with zero attached hydrogens (tertiary/aromatic N) is 1. The molecule has 1 saturated carbocycles. The van der Waals surface area contributed by atoms with Gasteiger partial charge in [0.15, 0.2) is 0 Å². The van der Waals surface area contributed by atoms with Crippen LogP contribution in [0.5, 0.6) is 0 Å². The Morgan fingerprint density at radius 2 is 1.76 bits per heavy atom. The van der Waals surface area contributed by atoms with Gasteiger partial charge in [0.25, 0.3) is 0 Å². The smallest absolute Gasteiger partial charge is 0.214 e. The molecular weight excluding hydrogens is 284 g/mol. The third-order valence-electron chi connectivity index (χ3n) is 5.14. The molecule has 0 aromatic rings. The van der Waals surface area contributed by atoms with Crippen LogP contribution in [0.2, 0.25) is 0 Å². The topological polar surface area (TPSA) is 49.4 Å². The first kappa shape index (κ1) is 17.2. The van der Waals surface area contributed by atoms with E-state index in [4.69, 9.17) is 0 Å². The molecular formula is C16H32N2O2S. The number of hydrogen-bond acceptors (Lipinski definition) is 3. The van der Waals surface area contributed by atoms with Gasteiger partial charge >= 0.3 is 0 Å². The van der Waals surface area contributed by atoms with Gasteiger partial charge in [-0.25, -0.2) is 12.7 Å². The Labute approximate surface area is 130 Å². The molecule has 0 bridgehead atoms. The maximum Gasteiger partial charge on any atom is 0.214 e. The van der Waals surface area contributed by atoms with Gasteiger partial charge in [0.05, 0.1) is 5.75 Å². The van der Waals surface area contributed by atoms with Crippen LogP contribution in [0.4, 0.5) is 0 Å². The van der Waals surface area contributed by atoms with Crippen molar-refractivity contribution < 1.29 is 8.42 Å². The molecule has 0 amide bonds. The van der Waals surface area contributed by atoms with Crippen LogP contribution < -0.4 is 5.32 Å². The minimum Gasteiger partial charge on any atom is -0.311 e. The Morgan fingerprint density at radius 3 is 2.38 bits per heavy atom. The molecule has 0 aromatic carbocycles. The van der Waals surface area contributed by atoms with Gasteiger partial charge in [-0.2, -0.15) is 0 Å². The summed E-state index contributed by atoms with van der Waals surface area (Å²) in [7, 11) is -3.00. The summed E-state index contributed by atoms with van der Waals surface area (Å²) < 4.78 is 25.8. The molecule has 0 aromatic heterocycles. The van der Waals surface area contributed by atoms with Gasteiger partial charge in [0.2, 0.25) is 10.0 Å². The second-order valence-corrected chi connectivity index (χ2v) is 8.88. The van der Waals surface area contributed by atoms with Crippen LogP contribution in [0.3, 0.4) is 0 Å². The molecule has 21 heavy (non-hydrogen) atoms. The van der Waals surface area contributed by atoms with Crippen molar-refractivity contribution >= 4 is 10.0 Å². The lowest BCUT2D eigenvalue weighted by Crippen LogP contribution is -2.49. The number of sulfonamides is 1. The van der Waals surface area contributed by atoms with Gasteiger partial charge in [-0.15, -0.1) is 0 Å². The zero-order valence-electron chi connectivity index (χ0n) is 13.7. The normalized spacial score (nSPS) is 29.6.